The fourth-order valence-electron chi connectivity index (χ4n) is 2.85. The van der Waals surface area contributed by atoms with E-state index in [0.29, 0.717) is 25.1 Å². The van der Waals surface area contributed by atoms with Crippen molar-refractivity contribution in [2.45, 2.75) is 26.4 Å². The van der Waals surface area contributed by atoms with E-state index in [9.17, 15) is 9.90 Å². The van der Waals surface area contributed by atoms with Crippen LogP contribution in [0.5, 0.6) is 0 Å². The van der Waals surface area contributed by atoms with E-state index >= 15 is 0 Å². The summed E-state index contributed by atoms with van der Waals surface area (Å²) in [5, 5.41) is 14.1. The highest BCUT2D eigenvalue weighted by atomic mass is 16.5. The summed E-state index contributed by atoms with van der Waals surface area (Å²) in [4.78, 5) is 18.3. The second kappa shape index (κ2) is 5.88. The number of rotatable bonds is 3. The first-order valence-electron chi connectivity index (χ1n) is 7.34. The van der Waals surface area contributed by atoms with Gasteiger partial charge in [0.15, 0.2) is 0 Å². The van der Waals surface area contributed by atoms with Crippen molar-refractivity contribution in [1.82, 2.24) is 15.0 Å². The van der Waals surface area contributed by atoms with Gasteiger partial charge in [0, 0.05) is 43.9 Å². The quantitative estimate of drug-likeness (QED) is 0.926. The van der Waals surface area contributed by atoms with Crippen molar-refractivity contribution in [2.75, 3.05) is 13.1 Å². The van der Waals surface area contributed by atoms with Gasteiger partial charge in [-0.1, -0.05) is 5.16 Å². The zero-order valence-electron chi connectivity index (χ0n) is 12.7. The maximum Gasteiger partial charge on any atom is 0.255 e. The smallest absolute Gasteiger partial charge is 0.255 e. The van der Waals surface area contributed by atoms with Crippen molar-refractivity contribution in [3.8, 4) is 0 Å². The summed E-state index contributed by atoms with van der Waals surface area (Å²) in [7, 11) is 0. The number of aromatic nitrogens is 2. The van der Waals surface area contributed by atoms with Crippen molar-refractivity contribution in [1.29, 1.82) is 0 Å². The zero-order valence-corrected chi connectivity index (χ0v) is 12.7. The molecule has 6 nitrogen and oxygen atoms in total. The number of β-amino-alcohol motifs (C(OH)–C–C–N with tert-alkyl or cyclic N) is 1. The molecule has 1 N–H and O–H groups in total. The highest BCUT2D eigenvalue weighted by Gasteiger charge is 2.35. The Bertz CT molecular complexity index is 683. The normalized spacial score (nSPS) is 21.3. The molecule has 1 aliphatic heterocycles. The summed E-state index contributed by atoms with van der Waals surface area (Å²) in [6, 6.07) is 3.68. The lowest BCUT2D eigenvalue weighted by Crippen LogP contribution is -2.30. The van der Waals surface area contributed by atoms with E-state index in [1.807, 2.05) is 26.0 Å². The standard InChI is InChI=1S/C16H19N3O3/c1-10-3-4-17-7-14(10)16(21)19-8-12(15(20)9-19)6-13-5-11(2)18-22-13/h3-5,7,12,15,20H,6,8-9H2,1-2H3/t12-,15+/m1/s1. The van der Waals surface area contributed by atoms with Crippen LogP contribution in [0.3, 0.4) is 0 Å². The third-order valence-electron chi connectivity index (χ3n) is 4.10. The number of pyridine rings is 1. The first kappa shape index (κ1) is 14.7. The fourth-order valence-corrected chi connectivity index (χ4v) is 2.85. The maximum absolute atomic E-state index is 12.6. The van der Waals surface area contributed by atoms with Crippen LogP contribution in [0.1, 0.15) is 27.4 Å². The van der Waals surface area contributed by atoms with Crippen LogP contribution in [0.15, 0.2) is 29.0 Å². The first-order chi connectivity index (χ1) is 10.5. The van der Waals surface area contributed by atoms with Crippen molar-refractivity contribution in [3.63, 3.8) is 0 Å². The van der Waals surface area contributed by atoms with Gasteiger partial charge < -0.3 is 14.5 Å². The van der Waals surface area contributed by atoms with Crippen LogP contribution in [-0.2, 0) is 6.42 Å². The number of amides is 1. The van der Waals surface area contributed by atoms with E-state index in [1.54, 1.807) is 17.3 Å². The number of likely N-dealkylation sites (tertiary alicyclic amines) is 1. The topological polar surface area (TPSA) is 79.5 Å². The Kier molecular flexibility index (Phi) is 3.94. The Balaban J connectivity index is 1.70. The summed E-state index contributed by atoms with van der Waals surface area (Å²) in [6.45, 7) is 4.59. The Hall–Kier alpha value is -2.21. The van der Waals surface area contributed by atoms with Gasteiger partial charge in [0.05, 0.1) is 17.4 Å². The van der Waals surface area contributed by atoms with Crippen LogP contribution in [0, 0.1) is 19.8 Å². The number of aliphatic hydroxyl groups is 1. The molecule has 1 saturated heterocycles. The van der Waals surface area contributed by atoms with Gasteiger partial charge in [0.2, 0.25) is 0 Å². The molecule has 0 saturated carbocycles. The molecule has 0 unspecified atom stereocenters. The summed E-state index contributed by atoms with van der Waals surface area (Å²) < 4.78 is 5.20. The van der Waals surface area contributed by atoms with Crippen LogP contribution < -0.4 is 0 Å². The Labute approximate surface area is 128 Å². The molecule has 3 rings (SSSR count). The maximum atomic E-state index is 12.6. The predicted octanol–water partition coefficient (Wildman–Crippen LogP) is 1.36. The van der Waals surface area contributed by atoms with Crippen molar-refractivity contribution >= 4 is 5.91 Å². The molecular formula is C16H19N3O3. The minimum absolute atomic E-state index is 0.0340. The van der Waals surface area contributed by atoms with Crippen LogP contribution >= 0.6 is 0 Å². The molecule has 2 aromatic rings. The number of aryl methyl sites for hydroxylation is 2. The van der Waals surface area contributed by atoms with Gasteiger partial charge in [0.25, 0.3) is 5.91 Å². The molecule has 1 aliphatic rings. The lowest BCUT2D eigenvalue weighted by molar-refractivity contribution is 0.0763. The fraction of sp³-hybridized carbons (Fsp3) is 0.438. The molecule has 0 bridgehead atoms. The van der Waals surface area contributed by atoms with E-state index in [0.717, 1.165) is 17.0 Å². The van der Waals surface area contributed by atoms with E-state index in [2.05, 4.69) is 10.1 Å². The molecule has 6 heteroatoms. The average molecular weight is 301 g/mol. The molecule has 116 valence electrons. The van der Waals surface area contributed by atoms with Crippen LogP contribution in [0.25, 0.3) is 0 Å². The highest BCUT2D eigenvalue weighted by Crippen LogP contribution is 2.24. The third-order valence-corrected chi connectivity index (χ3v) is 4.10. The highest BCUT2D eigenvalue weighted by molar-refractivity contribution is 5.95. The monoisotopic (exact) mass is 301 g/mol. The van der Waals surface area contributed by atoms with Crippen LogP contribution in [-0.4, -0.2) is 45.2 Å². The van der Waals surface area contributed by atoms with Crippen molar-refractivity contribution < 1.29 is 14.4 Å². The molecule has 1 fully saturated rings. The molecule has 0 radical (unpaired) electrons. The van der Waals surface area contributed by atoms with E-state index in [1.165, 1.54) is 0 Å². The van der Waals surface area contributed by atoms with Crippen LogP contribution in [0.2, 0.25) is 0 Å². The van der Waals surface area contributed by atoms with Gasteiger partial charge in [-0.05, 0) is 25.5 Å². The molecule has 22 heavy (non-hydrogen) atoms. The van der Waals surface area contributed by atoms with Crippen molar-refractivity contribution in [3.05, 3.63) is 47.1 Å². The molecule has 0 spiro atoms. The predicted molar refractivity (Wildman–Crippen MR) is 79.3 cm³/mol. The Morgan fingerprint density at radius 2 is 2.27 bits per heavy atom. The van der Waals surface area contributed by atoms with E-state index in [4.69, 9.17) is 4.52 Å². The first-order valence-corrected chi connectivity index (χ1v) is 7.34. The minimum Gasteiger partial charge on any atom is -0.391 e. The number of hydrogen-bond donors (Lipinski definition) is 1. The lowest BCUT2D eigenvalue weighted by atomic mass is 10.0. The number of carbonyl (C=O) groups excluding carboxylic acids is 1. The second-order valence-electron chi connectivity index (χ2n) is 5.87. The molecule has 1 amide bonds. The summed E-state index contributed by atoms with van der Waals surface area (Å²) in [5.74, 6) is 0.627. The molecule has 3 heterocycles. The van der Waals surface area contributed by atoms with Gasteiger partial charge in [0.1, 0.15) is 5.76 Å². The average Bonchev–Trinajstić information content (AvgIpc) is 3.06. The summed E-state index contributed by atoms with van der Waals surface area (Å²) in [6.07, 6.45) is 3.28. The largest absolute Gasteiger partial charge is 0.391 e. The number of hydrogen-bond acceptors (Lipinski definition) is 5. The second-order valence-corrected chi connectivity index (χ2v) is 5.87. The van der Waals surface area contributed by atoms with Gasteiger partial charge in [-0.25, -0.2) is 0 Å². The van der Waals surface area contributed by atoms with Gasteiger partial charge in [-0.2, -0.15) is 0 Å². The van der Waals surface area contributed by atoms with E-state index < -0.39 is 6.10 Å². The molecule has 2 aromatic heterocycles. The number of carbonyl (C=O) groups is 1. The van der Waals surface area contributed by atoms with Crippen molar-refractivity contribution in [2.24, 2.45) is 5.92 Å². The Morgan fingerprint density at radius 1 is 1.45 bits per heavy atom. The third kappa shape index (κ3) is 2.87. The summed E-state index contributed by atoms with van der Waals surface area (Å²) in [5.41, 5.74) is 2.30. The minimum atomic E-state index is -0.550. The molecule has 2 atom stereocenters. The molecule has 0 aliphatic carbocycles. The SMILES string of the molecule is Cc1cc(C[C@@H]2CN(C(=O)c3cnccc3C)C[C@@H]2O)on1. The molecule has 0 aromatic carbocycles. The Morgan fingerprint density at radius 3 is 2.95 bits per heavy atom. The number of aliphatic hydroxyl groups excluding tert-OH is 1. The van der Waals surface area contributed by atoms with Gasteiger partial charge >= 0.3 is 0 Å². The number of nitrogens with zero attached hydrogens (tertiary/aromatic N) is 3. The molecular weight excluding hydrogens is 282 g/mol. The zero-order chi connectivity index (χ0) is 15.7. The van der Waals surface area contributed by atoms with Gasteiger partial charge in [-0.3, -0.25) is 9.78 Å². The van der Waals surface area contributed by atoms with Gasteiger partial charge in [-0.15, -0.1) is 0 Å². The van der Waals surface area contributed by atoms with E-state index in [-0.39, 0.29) is 11.8 Å². The summed E-state index contributed by atoms with van der Waals surface area (Å²) >= 11 is 0. The lowest BCUT2D eigenvalue weighted by Gasteiger charge is -2.16. The van der Waals surface area contributed by atoms with Crippen LogP contribution in [0.4, 0.5) is 0 Å².